The monoisotopic (exact) mass is 377 g/mol. The first-order valence-corrected chi connectivity index (χ1v) is 8.55. The number of sulfonamides is 1. The second-order valence-corrected chi connectivity index (χ2v) is 6.81. The smallest absolute Gasteiger partial charge is 0.387 e. The normalized spacial score (nSPS) is 11.5. The van der Waals surface area contributed by atoms with E-state index in [1.54, 1.807) is 0 Å². The molecule has 0 aliphatic rings. The second kappa shape index (κ2) is 7.78. The number of hydrogen-bond acceptors (Lipinski definition) is 4. The zero-order valence-corrected chi connectivity index (χ0v) is 14.1. The summed E-state index contributed by atoms with van der Waals surface area (Å²) in [6, 6.07) is 9.87. The molecule has 0 atom stereocenters. The summed E-state index contributed by atoms with van der Waals surface area (Å²) in [6.45, 7) is -2.95. The predicted octanol–water partition coefficient (Wildman–Crippen LogP) is 3.43. The lowest BCUT2D eigenvalue weighted by Crippen LogP contribution is -2.23. The van der Waals surface area contributed by atoms with Gasteiger partial charge in [0.1, 0.15) is 16.4 Å². The Balaban J connectivity index is 2.12. The first-order chi connectivity index (χ1) is 11.3. The maximum absolute atomic E-state index is 12.4. The van der Waals surface area contributed by atoms with Crippen molar-refractivity contribution in [1.82, 2.24) is 4.72 Å². The Bertz CT molecular complexity index is 798. The molecule has 0 bridgehead atoms. The van der Waals surface area contributed by atoms with Gasteiger partial charge in [0.15, 0.2) is 0 Å². The molecule has 5 nitrogen and oxygen atoms in total. The molecule has 0 radical (unpaired) electrons. The Morgan fingerprint density at radius 1 is 1.17 bits per heavy atom. The van der Waals surface area contributed by atoms with Crippen LogP contribution in [0.15, 0.2) is 47.4 Å². The topological polar surface area (TPSA) is 64.6 Å². The molecule has 2 aromatic rings. The molecule has 0 spiro atoms. The zero-order chi connectivity index (χ0) is 17.7. The van der Waals surface area contributed by atoms with Gasteiger partial charge in [-0.15, -0.1) is 0 Å². The van der Waals surface area contributed by atoms with Crippen LogP contribution in [-0.4, -0.2) is 22.1 Å². The van der Waals surface area contributed by atoms with E-state index < -0.39 is 16.6 Å². The molecular formula is C15H14ClF2NO4S. The summed E-state index contributed by atoms with van der Waals surface area (Å²) in [4.78, 5) is -0.0878. The third-order valence-corrected chi connectivity index (χ3v) is 4.69. The van der Waals surface area contributed by atoms with Gasteiger partial charge in [-0.25, -0.2) is 13.1 Å². The molecule has 0 aliphatic carbocycles. The lowest BCUT2D eigenvalue weighted by molar-refractivity contribution is -0.0498. The number of methoxy groups -OCH3 is 1. The van der Waals surface area contributed by atoms with Crippen molar-refractivity contribution in [2.24, 2.45) is 0 Å². The molecule has 24 heavy (non-hydrogen) atoms. The highest BCUT2D eigenvalue weighted by atomic mass is 35.5. The molecule has 0 saturated carbocycles. The minimum atomic E-state index is -3.86. The van der Waals surface area contributed by atoms with E-state index in [9.17, 15) is 17.2 Å². The van der Waals surface area contributed by atoms with Crippen molar-refractivity contribution < 1.29 is 26.7 Å². The second-order valence-electron chi connectivity index (χ2n) is 4.64. The summed E-state index contributed by atoms with van der Waals surface area (Å²) in [5, 5.41) is 0.254. The molecule has 130 valence electrons. The average Bonchev–Trinajstić information content (AvgIpc) is 2.54. The van der Waals surface area contributed by atoms with Crippen molar-refractivity contribution in [2.75, 3.05) is 7.11 Å². The van der Waals surface area contributed by atoms with Crippen LogP contribution in [-0.2, 0) is 16.6 Å². The predicted molar refractivity (Wildman–Crippen MR) is 85.1 cm³/mol. The fourth-order valence-corrected chi connectivity index (χ4v) is 3.35. The summed E-state index contributed by atoms with van der Waals surface area (Å²) in [5.41, 5.74) is 0.571. The third-order valence-electron chi connectivity index (χ3n) is 3.03. The molecule has 0 aliphatic heterocycles. The lowest BCUT2D eigenvalue weighted by Gasteiger charge is -2.11. The quantitative estimate of drug-likeness (QED) is 0.803. The first-order valence-electron chi connectivity index (χ1n) is 6.69. The molecule has 2 aromatic carbocycles. The Labute approximate surface area is 143 Å². The summed E-state index contributed by atoms with van der Waals surface area (Å²) in [5.74, 6) is 0.153. The van der Waals surface area contributed by atoms with E-state index in [4.69, 9.17) is 16.3 Å². The third kappa shape index (κ3) is 4.80. The maximum atomic E-state index is 12.4. The molecule has 0 saturated heterocycles. The van der Waals surface area contributed by atoms with Gasteiger partial charge in [-0.1, -0.05) is 23.7 Å². The Hall–Kier alpha value is -1.90. The van der Waals surface area contributed by atoms with Gasteiger partial charge in [-0.3, -0.25) is 0 Å². The number of benzene rings is 2. The van der Waals surface area contributed by atoms with Crippen LogP contribution in [0.4, 0.5) is 8.78 Å². The van der Waals surface area contributed by atoms with Gasteiger partial charge in [0.25, 0.3) is 0 Å². The highest BCUT2D eigenvalue weighted by molar-refractivity contribution is 7.89. The van der Waals surface area contributed by atoms with E-state index in [0.717, 1.165) is 0 Å². The fraction of sp³-hybridized carbons (Fsp3) is 0.200. The van der Waals surface area contributed by atoms with Gasteiger partial charge in [0.05, 0.1) is 7.11 Å². The van der Waals surface area contributed by atoms with Gasteiger partial charge in [0.2, 0.25) is 10.0 Å². The molecule has 9 heteroatoms. The Morgan fingerprint density at radius 2 is 1.83 bits per heavy atom. The number of alkyl halides is 2. The molecule has 0 heterocycles. The van der Waals surface area contributed by atoms with Gasteiger partial charge in [-0.2, -0.15) is 8.78 Å². The van der Waals surface area contributed by atoms with Crippen molar-refractivity contribution in [3.8, 4) is 11.5 Å². The van der Waals surface area contributed by atoms with Crippen LogP contribution in [0.1, 0.15) is 5.56 Å². The number of rotatable bonds is 7. The minimum Gasteiger partial charge on any atom is -0.495 e. The van der Waals surface area contributed by atoms with E-state index in [1.165, 1.54) is 49.6 Å². The molecule has 2 rings (SSSR count). The summed E-state index contributed by atoms with van der Waals surface area (Å²) in [7, 11) is -2.51. The Kier molecular flexibility index (Phi) is 5.98. The average molecular weight is 378 g/mol. The van der Waals surface area contributed by atoms with Gasteiger partial charge in [-0.05, 0) is 35.9 Å². The standard InChI is InChI=1S/C15H14ClF2NO4S/c1-22-13-7-4-11(16)8-14(13)24(20,21)19-9-10-2-5-12(6-3-10)23-15(17)18/h2-8,15,19H,9H2,1H3. The van der Waals surface area contributed by atoms with E-state index in [0.29, 0.717) is 5.56 Å². The number of nitrogens with one attached hydrogen (secondary N) is 1. The van der Waals surface area contributed by atoms with Crippen molar-refractivity contribution in [3.05, 3.63) is 53.1 Å². The molecule has 0 unspecified atom stereocenters. The minimum absolute atomic E-state index is 0.00637. The van der Waals surface area contributed by atoms with Crippen molar-refractivity contribution in [1.29, 1.82) is 0 Å². The molecule has 0 amide bonds. The number of halogens is 3. The van der Waals surface area contributed by atoms with Crippen LogP contribution in [0.5, 0.6) is 11.5 Å². The van der Waals surface area contributed by atoms with Gasteiger partial charge < -0.3 is 9.47 Å². The van der Waals surface area contributed by atoms with Crippen LogP contribution in [0.3, 0.4) is 0 Å². The first kappa shape index (κ1) is 18.4. The largest absolute Gasteiger partial charge is 0.495 e. The van der Waals surface area contributed by atoms with Gasteiger partial charge >= 0.3 is 6.61 Å². The highest BCUT2D eigenvalue weighted by Crippen LogP contribution is 2.27. The van der Waals surface area contributed by atoms with Crippen molar-refractivity contribution >= 4 is 21.6 Å². The maximum Gasteiger partial charge on any atom is 0.387 e. The van der Waals surface area contributed by atoms with E-state index in [-0.39, 0.29) is 28.0 Å². The summed E-state index contributed by atoms with van der Waals surface area (Å²) in [6.07, 6.45) is 0. The highest BCUT2D eigenvalue weighted by Gasteiger charge is 2.19. The molecular weight excluding hydrogens is 364 g/mol. The van der Waals surface area contributed by atoms with Crippen molar-refractivity contribution in [2.45, 2.75) is 18.1 Å². The van der Waals surface area contributed by atoms with E-state index in [1.807, 2.05) is 0 Å². The Morgan fingerprint density at radius 3 is 2.42 bits per heavy atom. The fourth-order valence-electron chi connectivity index (χ4n) is 1.91. The number of hydrogen-bond donors (Lipinski definition) is 1. The SMILES string of the molecule is COc1ccc(Cl)cc1S(=O)(=O)NCc1ccc(OC(F)F)cc1. The van der Waals surface area contributed by atoms with Crippen LogP contribution < -0.4 is 14.2 Å². The van der Waals surface area contributed by atoms with Gasteiger partial charge in [0, 0.05) is 11.6 Å². The zero-order valence-electron chi connectivity index (χ0n) is 12.5. The molecule has 1 N–H and O–H groups in total. The molecule has 0 aromatic heterocycles. The van der Waals surface area contributed by atoms with Crippen LogP contribution in [0.25, 0.3) is 0 Å². The number of ether oxygens (including phenoxy) is 2. The van der Waals surface area contributed by atoms with Crippen molar-refractivity contribution in [3.63, 3.8) is 0 Å². The lowest BCUT2D eigenvalue weighted by atomic mass is 10.2. The summed E-state index contributed by atoms with van der Waals surface area (Å²) >= 11 is 5.83. The van der Waals surface area contributed by atoms with Crippen LogP contribution in [0, 0.1) is 0 Å². The van der Waals surface area contributed by atoms with E-state index in [2.05, 4.69) is 9.46 Å². The van der Waals surface area contributed by atoms with Crippen LogP contribution in [0.2, 0.25) is 5.02 Å². The van der Waals surface area contributed by atoms with E-state index >= 15 is 0 Å². The van der Waals surface area contributed by atoms with Crippen LogP contribution >= 0.6 is 11.6 Å². The summed E-state index contributed by atoms with van der Waals surface area (Å²) < 4.78 is 60.6. The molecule has 0 fully saturated rings.